The van der Waals surface area contributed by atoms with E-state index in [-0.39, 0.29) is 6.54 Å². The molecule has 3 N–H and O–H groups in total. The lowest BCUT2D eigenvalue weighted by atomic mass is 10.3. The summed E-state index contributed by atoms with van der Waals surface area (Å²) >= 11 is 0. The number of azo groups is 2. The van der Waals surface area contributed by atoms with Crippen LogP contribution in [0.25, 0.3) is 0 Å². The highest BCUT2D eigenvalue weighted by atomic mass is 16.4. The van der Waals surface area contributed by atoms with Gasteiger partial charge in [-0.05, 0) is 12.2 Å². The molecule has 7 nitrogen and oxygen atoms in total. The van der Waals surface area contributed by atoms with Crippen molar-refractivity contribution in [2.45, 2.75) is 0 Å². The summed E-state index contributed by atoms with van der Waals surface area (Å²) in [5.41, 5.74) is 6.12. The standard InChI is InChI=1S/C6H4N4.C2H5NO2/c1-3-7-9-5(1)6-2-4-8-10-6;3-1-2(4)5/h1-4H;1,3H2,(H,4,5). The van der Waals surface area contributed by atoms with Gasteiger partial charge in [-0.1, -0.05) is 0 Å². The van der Waals surface area contributed by atoms with Gasteiger partial charge in [-0.15, -0.1) is 10.2 Å². The fraction of sp³-hybridized carbons (Fsp3) is 0.125. The van der Waals surface area contributed by atoms with E-state index in [9.17, 15) is 4.79 Å². The second-order valence-electron chi connectivity index (χ2n) is 2.43. The largest absolute Gasteiger partial charge is 0.480 e. The molecule has 15 heavy (non-hydrogen) atoms. The molecular weight excluding hydrogens is 198 g/mol. The van der Waals surface area contributed by atoms with Crippen molar-refractivity contribution in [3.8, 4) is 0 Å². The minimum atomic E-state index is -0.968. The second-order valence-corrected chi connectivity index (χ2v) is 2.43. The Morgan fingerprint density at radius 3 is 1.80 bits per heavy atom. The summed E-state index contributed by atoms with van der Waals surface area (Å²) < 4.78 is 0. The zero-order chi connectivity index (χ0) is 11.1. The van der Waals surface area contributed by atoms with Gasteiger partial charge < -0.3 is 10.8 Å². The second kappa shape index (κ2) is 5.55. The van der Waals surface area contributed by atoms with Crippen LogP contribution in [-0.2, 0) is 4.79 Å². The Kier molecular flexibility index (Phi) is 4.05. The van der Waals surface area contributed by atoms with Crippen LogP contribution in [0.4, 0.5) is 0 Å². The number of aliphatic carboxylic acids is 1. The first-order chi connectivity index (χ1) is 7.24. The van der Waals surface area contributed by atoms with Gasteiger partial charge in [0.15, 0.2) is 0 Å². The van der Waals surface area contributed by atoms with Gasteiger partial charge in [-0.25, -0.2) is 0 Å². The molecule has 2 heterocycles. The molecule has 0 bridgehead atoms. The Bertz CT molecular complexity index is 334. The van der Waals surface area contributed by atoms with E-state index in [1.807, 2.05) is 0 Å². The number of hydrogen-bond donors (Lipinski definition) is 2. The van der Waals surface area contributed by atoms with Gasteiger partial charge in [0.25, 0.3) is 0 Å². The van der Waals surface area contributed by atoms with Crippen LogP contribution in [0, 0.1) is 0 Å². The van der Waals surface area contributed by atoms with Crippen molar-refractivity contribution in [1.82, 2.24) is 0 Å². The van der Waals surface area contributed by atoms with Crippen LogP contribution in [-0.4, -0.2) is 17.6 Å². The molecule has 2 rings (SSSR count). The smallest absolute Gasteiger partial charge is 0.317 e. The Labute approximate surface area is 85.4 Å². The van der Waals surface area contributed by atoms with Gasteiger partial charge >= 0.3 is 5.97 Å². The summed E-state index contributed by atoms with van der Waals surface area (Å²) in [7, 11) is 0. The van der Waals surface area contributed by atoms with E-state index in [0.29, 0.717) is 0 Å². The number of rotatable bonds is 1. The number of carboxylic acid groups (broad SMARTS) is 1. The van der Waals surface area contributed by atoms with Gasteiger partial charge in [0.2, 0.25) is 0 Å². The number of carboxylic acids is 1. The monoisotopic (exact) mass is 207 g/mol. The molecule has 0 saturated carbocycles. The summed E-state index contributed by atoms with van der Waals surface area (Å²) in [4.78, 5) is 9.24. The van der Waals surface area contributed by atoms with E-state index < -0.39 is 5.97 Å². The average molecular weight is 207 g/mol. The molecule has 2 aliphatic heterocycles. The highest BCUT2D eigenvalue weighted by molar-refractivity contribution is 5.68. The van der Waals surface area contributed by atoms with Gasteiger partial charge in [0.05, 0.1) is 18.9 Å². The van der Waals surface area contributed by atoms with Crippen molar-refractivity contribution < 1.29 is 9.90 Å². The quantitative estimate of drug-likeness (QED) is 0.672. The number of carbonyl (C=O) groups is 1. The molecule has 0 spiro atoms. The number of allylic oxidation sites excluding steroid dienone is 2. The highest BCUT2D eigenvalue weighted by Crippen LogP contribution is 2.19. The fourth-order valence-corrected chi connectivity index (χ4v) is 0.739. The van der Waals surface area contributed by atoms with E-state index in [2.05, 4.69) is 26.2 Å². The highest BCUT2D eigenvalue weighted by Gasteiger charge is 2.04. The lowest BCUT2D eigenvalue weighted by molar-refractivity contribution is -0.135. The molecule has 7 heteroatoms. The number of nitrogens with two attached hydrogens (primary N) is 1. The Balaban J connectivity index is 0.000000195. The first-order valence-electron chi connectivity index (χ1n) is 4.05. The van der Waals surface area contributed by atoms with Crippen LogP contribution in [0.1, 0.15) is 0 Å². The van der Waals surface area contributed by atoms with Crippen molar-refractivity contribution >= 4 is 5.97 Å². The maximum atomic E-state index is 9.24. The third kappa shape index (κ3) is 3.61. The molecule has 0 aromatic heterocycles. The van der Waals surface area contributed by atoms with E-state index in [1.54, 1.807) is 24.6 Å². The molecule has 0 atom stereocenters. The average Bonchev–Trinajstić information content (AvgIpc) is 2.90. The van der Waals surface area contributed by atoms with Crippen LogP contribution in [0.3, 0.4) is 0 Å². The zero-order valence-corrected chi connectivity index (χ0v) is 7.74. The first-order valence-corrected chi connectivity index (χ1v) is 4.05. The van der Waals surface area contributed by atoms with Gasteiger partial charge in [0, 0.05) is 0 Å². The van der Waals surface area contributed by atoms with E-state index in [1.165, 1.54) is 0 Å². The third-order valence-electron chi connectivity index (χ3n) is 1.37. The molecule has 0 amide bonds. The summed E-state index contributed by atoms with van der Waals surface area (Å²) in [6, 6.07) is 0. The topological polar surface area (TPSA) is 113 Å². The minimum Gasteiger partial charge on any atom is -0.480 e. The molecule has 2 aliphatic rings. The normalized spacial score (nSPS) is 20.6. The van der Waals surface area contributed by atoms with Crippen LogP contribution < -0.4 is 5.73 Å². The predicted octanol–water partition coefficient (Wildman–Crippen LogP) is 1.19. The van der Waals surface area contributed by atoms with E-state index in [0.717, 1.165) is 11.4 Å². The summed E-state index contributed by atoms with van der Waals surface area (Å²) in [5, 5.41) is 22.5. The summed E-state index contributed by atoms with van der Waals surface area (Å²) in [5.74, 6) is -0.968. The minimum absolute atomic E-state index is 0.278. The van der Waals surface area contributed by atoms with Crippen LogP contribution in [0.2, 0.25) is 0 Å². The van der Waals surface area contributed by atoms with Crippen molar-refractivity contribution in [2.75, 3.05) is 6.54 Å². The molecule has 0 radical (unpaired) electrons. The van der Waals surface area contributed by atoms with Crippen molar-refractivity contribution in [3.05, 3.63) is 35.9 Å². The number of hydrogen-bond acceptors (Lipinski definition) is 6. The zero-order valence-electron chi connectivity index (χ0n) is 7.74. The summed E-state index contributed by atoms with van der Waals surface area (Å²) in [6.45, 7) is -0.278. The Hall–Kier alpha value is -2.15. The van der Waals surface area contributed by atoms with Gasteiger partial charge in [-0.3, -0.25) is 4.79 Å². The molecule has 0 unspecified atom stereocenters. The lowest BCUT2D eigenvalue weighted by Crippen LogP contribution is -2.10. The first kappa shape index (κ1) is 10.9. The third-order valence-corrected chi connectivity index (χ3v) is 1.37. The predicted molar refractivity (Wildman–Crippen MR) is 51.7 cm³/mol. The maximum absolute atomic E-state index is 9.24. The van der Waals surface area contributed by atoms with E-state index >= 15 is 0 Å². The van der Waals surface area contributed by atoms with Gasteiger partial charge in [-0.2, -0.15) is 10.2 Å². The van der Waals surface area contributed by atoms with Crippen LogP contribution in [0.5, 0.6) is 0 Å². The molecule has 0 fully saturated rings. The van der Waals surface area contributed by atoms with Crippen molar-refractivity contribution in [2.24, 2.45) is 26.2 Å². The van der Waals surface area contributed by atoms with Crippen molar-refractivity contribution in [3.63, 3.8) is 0 Å². The molecule has 78 valence electrons. The summed E-state index contributed by atoms with van der Waals surface area (Å²) in [6.07, 6.45) is 6.85. The lowest BCUT2D eigenvalue weighted by Gasteiger charge is -1.85. The Morgan fingerprint density at radius 1 is 1.20 bits per heavy atom. The molecule has 0 aliphatic carbocycles. The molecule has 0 aromatic rings. The maximum Gasteiger partial charge on any atom is 0.317 e. The van der Waals surface area contributed by atoms with Crippen LogP contribution in [0.15, 0.2) is 56.4 Å². The van der Waals surface area contributed by atoms with Crippen LogP contribution >= 0.6 is 0 Å². The van der Waals surface area contributed by atoms with E-state index in [4.69, 9.17) is 5.11 Å². The molecular formula is C8H9N5O2. The molecule has 0 aromatic carbocycles. The molecule has 0 saturated heterocycles. The fourth-order valence-electron chi connectivity index (χ4n) is 0.739. The number of nitrogens with zero attached hydrogens (tertiary/aromatic N) is 4. The Morgan fingerprint density at radius 2 is 1.60 bits per heavy atom. The van der Waals surface area contributed by atoms with Crippen molar-refractivity contribution in [1.29, 1.82) is 0 Å². The van der Waals surface area contributed by atoms with Gasteiger partial charge in [0.1, 0.15) is 11.4 Å². The SMILES string of the molecule is C1=CC(=C2C=CN=N2)N=N1.NCC(=O)O.